The molecule has 2 rings (SSSR count). The molecule has 1 saturated heterocycles. The molecule has 8 heteroatoms. The Hall–Kier alpha value is -1.05. The number of likely N-dealkylation sites (tertiary alicyclic amines) is 1. The number of amides is 1. The molecule has 6 nitrogen and oxygen atoms in total. The lowest BCUT2D eigenvalue weighted by atomic mass is 10.2. The van der Waals surface area contributed by atoms with Crippen LogP contribution in [-0.2, 0) is 4.79 Å². The molecule has 0 bridgehead atoms. The van der Waals surface area contributed by atoms with Crippen LogP contribution in [0, 0.1) is 0 Å². The molecule has 1 heterocycles. The first-order chi connectivity index (χ1) is 9.36. The van der Waals surface area contributed by atoms with E-state index in [9.17, 15) is 15.0 Å². The van der Waals surface area contributed by atoms with Crippen LogP contribution in [0.15, 0.2) is 12.1 Å². The van der Waals surface area contributed by atoms with Crippen molar-refractivity contribution in [2.75, 3.05) is 30.7 Å². The molecular formula is C12H15Cl2N3O3. The van der Waals surface area contributed by atoms with Crippen molar-refractivity contribution in [3.63, 3.8) is 0 Å². The van der Waals surface area contributed by atoms with Crippen molar-refractivity contribution in [2.45, 2.75) is 12.2 Å². The fourth-order valence-corrected chi connectivity index (χ4v) is 2.64. The van der Waals surface area contributed by atoms with E-state index in [4.69, 9.17) is 28.9 Å². The van der Waals surface area contributed by atoms with Crippen LogP contribution in [0.5, 0.6) is 0 Å². The number of aliphatic hydroxyl groups excluding tert-OH is 2. The normalized spacial score (nSPS) is 23.0. The largest absolute Gasteiger partial charge is 0.397 e. The summed E-state index contributed by atoms with van der Waals surface area (Å²) in [7, 11) is 0. The van der Waals surface area contributed by atoms with Crippen LogP contribution >= 0.6 is 23.2 Å². The fourth-order valence-electron chi connectivity index (χ4n) is 2.08. The zero-order chi connectivity index (χ0) is 14.9. The number of nitrogen functional groups attached to an aromatic ring is 1. The Balaban J connectivity index is 1.99. The molecule has 1 fully saturated rings. The second kappa shape index (κ2) is 6.15. The van der Waals surface area contributed by atoms with Crippen LogP contribution in [0.2, 0.25) is 10.0 Å². The fraction of sp³-hybridized carbons (Fsp3) is 0.417. The molecule has 0 aromatic heterocycles. The molecule has 1 aromatic carbocycles. The minimum absolute atomic E-state index is 0.0342. The Bertz CT molecular complexity index is 494. The first-order valence-corrected chi connectivity index (χ1v) is 6.75. The van der Waals surface area contributed by atoms with E-state index in [1.807, 2.05) is 0 Å². The van der Waals surface area contributed by atoms with Gasteiger partial charge in [0.25, 0.3) is 0 Å². The van der Waals surface area contributed by atoms with Gasteiger partial charge in [-0.15, -0.1) is 0 Å². The summed E-state index contributed by atoms with van der Waals surface area (Å²) in [6.45, 7) is 0.531. The van der Waals surface area contributed by atoms with Crippen LogP contribution in [0.1, 0.15) is 0 Å². The molecule has 1 aliphatic rings. The molecule has 2 atom stereocenters. The molecular weight excluding hydrogens is 305 g/mol. The van der Waals surface area contributed by atoms with Gasteiger partial charge in [-0.3, -0.25) is 9.69 Å². The molecule has 1 amide bonds. The van der Waals surface area contributed by atoms with E-state index in [-0.39, 0.29) is 36.3 Å². The van der Waals surface area contributed by atoms with Gasteiger partial charge in [0.2, 0.25) is 5.91 Å². The number of carbonyl (C=O) groups excluding carboxylic acids is 1. The molecule has 110 valence electrons. The third-order valence-electron chi connectivity index (χ3n) is 3.05. The van der Waals surface area contributed by atoms with Crippen molar-refractivity contribution in [1.29, 1.82) is 0 Å². The first-order valence-electron chi connectivity index (χ1n) is 5.99. The number of hydrogen-bond acceptors (Lipinski definition) is 5. The van der Waals surface area contributed by atoms with Crippen molar-refractivity contribution < 1.29 is 15.0 Å². The molecule has 0 aliphatic carbocycles. The Morgan fingerprint density at radius 1 is 1.35 bits per heavy atom. The van der Waals surface area contributed by atoms with Crippen molar-refractivity contribution in [3.8, 4) is 0 Å². The highest BCUT2D eigenvalue weighted by Crippen LogP contribution is 2.32. The average molecular weight is 320 g/mol. The monoisotopic (exact) mass is 319 g/mol. The number of aliphatic hydroxyl groups is 2. The van der Waals surface area contributed by atoms with E-state index < -0.39 is 12.2 Å². The summed E-state index contributed by atoms with van der Waals surface area (Å²) >= 11 is 11.8. The SMILES string of the molecule is Nc1cc(Cl)cc(Cl)c1NC(=O)CN1CC(O)C(O)C1. The number of β-amino-alcohol motifs (C(OH)–C–C–N with tert-alkyl or cyclic N) is 2. The third-order valence-corrected chi connectivity index (χ3v) is 3.57. The van der Waals surface area contributed by atoms with Gasteiger partial charge in [-0.25, -0.2) is 0 Å². The Labute approximate surface area is 126 Å². The summed E-state index contributed by atoms with van der Waals surface area (Å²) in [4.78, 5) is 13.6. The topological polar surface area (TPSA) is 98.8 Å². The standard InChI is InChI=1S/C12H15Cl2N3O3/c13-6-1-7(14)12(8(15)2-6)16-11(20)5-17-3-9(18)10(19)4-17/h1-2,9-10,18-19H,3-5,15H2,(H,16,20). The Kier molecular flexibility index (Phi) is 4.72. The first kappa shape index (κ1) is 15.3. The van der Waals surface area contributed by atoms with E-state index in [0.29, 0.717) is 10.7 Å². The summed E-state index contributed by atoms with van der Waals surface area (Å²) in [5.41, 5.74) is 6.33. The minimum atomic E-state index is -0.827. The number of nitrogens with two attached hydrogens (primary N) is 1. The van der Waals surface area contributed by atoms with Gasteiger partial charge in [0, 0.05) is 18.1 Å². The van der Waals surface area contributed by atoms with E-state index in [1.54, 1.807) is 4.90 Å². The van der Waals surface area contributed by atoms with Crippen LogP contribution in [-0.4, -0.2) is 52.9 Å². The van der Waals surface area contributed by atoms with Gasteiger partial charge in [0.15, 0.2) is 0 Å². The lowest BCUT2D eigenvalue weighted by Gasteiger charge is -2.16. The number of anilines is 2. The number of nitrogens with one attached hydrogen (secondary N) is 1. The smallest absolute Gasteiger partial charge is 0.238 e. The lowest BCUT2D eigenvalue weighted by Crippen LogP contribution is -2.32. The third kappa shape index (κ3) is 3.53. The number of rotatable bonds is 3. The van der Waals surface area contributed by atoms with E-state index in [0.717, 1.165) is 0 Å². The van der Waals surface area contributed by atoms with Crippen molar-refractivity contribution in [1.82, 2.24) is 4.90 Å². The summed E-state index contributed by atoms with van der Waals surface area (Å²) in [6.07, 6.45) is -1.65. The number of carbonyl (C=O) groups is 1. The Morgan fingerprint density at radius 3 is 2.50 bits per heavy atom. The van der Waals surface area contributed by atoms with Crippen molar-refractivity contribution >= 4 is 40.5 Å². The van der Waals surface area contributed by atoms with Crippen LogP contribution < -0.4 is 11.1 Å². The highest BCUT2D eigenvalue weighted by atomic mass is 35.5. The molecule has 0 spiro atoms. The zero-order valence-corrected chi connectivity index (χ0v) is 12.0. The summed E-state index contributed by atoms with van der Waals surface area (Å²) in [6, 6.07) is 2.98. The molecule has 5 N–H and O–H groups in total. The summed E-state index contributed by atoms with van der Waals surface area (Å²) in [5.74, 6) is -0.331. The van der Waals surface area contributed by atoms with Gasteiger partial charge in [-0.05, 0) is 12.1 Å². The number of halogens is 2. The highest BCUT2D eigenvalue weighted by Gasteiger charge is 2.30. The van der Waals surface area contributed by atoms with E-state index >= 15 is 0 Å². The second-order valence-electron chi connectivity index (χ2n) is 4.73. The molecule has 2 unspecified atom stereocenters. The van der Waals surface area contributed by atoms with Gasteiger partial charge < -0.3 is 21.3 Å². The van der Waals surface area contributed by atoms with Gasteiger partial charge in [0.05, 0.1) is 35.2 Å². The maximum Gasteiger partial charge on any atom is 0.238 e. The van der Waals surface area contributed by atoms with Gasteiger partial charge in [-0.1, -0.05) is 23.2 Å². The number of benzene rings is 1. The van der Waals surface area contributed by atoms with E-state index in [1.165, 1.54) is 12.1 Å². The predicted molar refractivity (Wildman–Crippen MR) is 78.0 cm³/mol. The van der Waals surface area contributed by atoms with Crippen LogP contribution in [0.4, 0.5) is 11.4 Å². The Morgan fingerprint density at radius 2 is 1.95 bits per heavy atom. The maximum absolute atomic E-state index is 11.9. The van der Waals surface area contributed by atoms with Gasteiger partial charge in [0.1, 0.15) is 0 Å². The molecule has 0 saturated carbocycles. The van der Waals surface area contributed by atoms with E-state index in [2.05, 4.69) is 5.32 Å². The lowest BCUT2D eigenvalue weighted by molar-refractivity contribution is -0.117. The number of hydrogen-bond donors (Lipinski definition) is 4. The van der Waals surface area contributed by atoms with Crippen molar-refractivity contribution in [2.24, 2.45) is 0 Å². The maximum atomic E-state index is 11.9. The minimum Gasteiger partial charge on any atom is -0.397 e. The molecule has 0 radical (unpaired) electrons. The average Bonchev–Trinajstić information content (AvgIpc) is 2.63. The van der Waals surface area contributed by atoms with Crippen LogP contribution in [0.25, 0.3) is 0 Å². The van der Waals surface area contributed by atoms with Crippen LogP contribution in [0.3, 0.4) is 0 Å². The van der Waals surface area contributed by atoms with Crippen molar-refractivity contribution in [3.05, 3.63) is 22.2 Å². The highest BCUT2D eigenvalue weighted by molar-refractivity contribution is 6.37. The molecule has 1 aliphatic heterocycles. The molecule has 20 heavy (non-hydrogen) atoms. The van der Waals surface area contributed by atoms with Gasteiger partial charge in [-0.2, -0.15) is 0 Å². The number of nitrogens with zero attached hydrogens (tertiary/aromatic N) is 1. The predicted octanol–water partition coefficient (Wildman–Crippen LogP) is 0.551. The summed E-state index contributed by atoms with van der Waals surface area (Å²) < 4.78 is 0. The quantitative estimate of drug-likeness (QED) is 0.610. The molecule has 1 aromatic rings. The summed E-state index contributed by atoms with van der Waals surface area (Å²) in [5, 5.41) is 22.1. The second-order valence-corrected chi connectivity index (χ2v) is 5.57. The van der Waals surface area contributed by atoms with Gasteiger partial charge >= 0.3 is 0 Å². The zero-order valence-electron chi connectivity index (χ0n) is 10.5.